The number of nitrogens with one attached hydrogen (secondary N) is 1. The summed E-state index contributed by atoms with van der Waals surface area (Å²) in [6.45, 7) is 13.4. The Bertz CT molecular complexity index is 1280. The smallest absolute Gasteiger partial charge is 0.330 e. The molecular formula is C29H30F7N3. The van der Waals surface area contributed by atoms with E-state index in [1.54, 1.807) is 19.1 Å². The second-order valence-electron chi connectivity index (χ2n) is 9.89. The maximum absolute atomic E-state index is 14.9. The number of hydrogen-bond donors (Lipinski definition) is 1. The van der Waals surface area contributed by atoms with Crippen LogP contribution in [0.15, 0.2) is 83.5 Å². The highest BCUT2D eigenvalue weighted by atomic mass is 19.3. The summed E-state index contributed by atoms with van der Waals surface area (Å²) in [6, 6.07) is -0.829. The van der Waals surface area contributed by atoms with Crippen molar-refractivity contribution in [1.82, 2.24) is 10.2 Å². The molecule has 2 heterocycles. The van der Waals surface area contributed by atoms with Crippen molar-refractivity contribution < 1.29 is 30.7 Å². The molecule has 1 aromatic rings. The van der Waals surface area contributed by atoms with Crippen LogP contribution in [0.4, 0.5) is 36.4 Å². The Morgan fingerprint density at radius 1 is 1.08 bits per heavy atom. The Labute approximate surface area is 223 Å². The fourth-order valence-corrected chi connectivity index (χ4v) is 4.93. The molecule has 0 spiro atoms. The molecule has 3 nitrogen and oxygen atoms in total. The van der Waals surface area contributed by atoms with Crippen LogP contribution >= 0.6 is 0 Å². The number of hydrogen-bond acceptors (Lipinski definition) is 3. The number of rotatable bonds is 7. The summed E-state index contributed by atoms with van der Waals surface area (Å²) in [7, 11) is 0. The first-order valence-electron chi connectivity index (χ1n) is 12.7. The Morgan fingerprint density at radius 2 is 1.69 bits per heavy atom. The van der Waals surface area contributed by atoms with Gasteiger partial charge in [-0.3, -0.25) is 0 Å². The molecule has 0 amide bonds. The first-order chi connectivity index (χ1) is 18.3. The minimum atomic E-state index is -4.29. The van der Waals surface area contributed by atoms with Crippen molar-refractivity contribution in [1.29, 1.82) is 0 Å². The van der Waals surface area contributed by atoms with Gasteiger partial charge in [0.05, 0.1) is 0 Å². The van der Waals surface area contributed by atoms with E-state index in [0.717, 1.165) is 36.5 Å². The third-order valence-electron chi connectivity index (χ3n) is 7.24. The lowest BCUT2D eigenvalue weighted by atomic mass is 9.82. The molecule has 2 aliphatic heterocycles. The first kappa shape index (κ1) is 28.6. The molecule has 1 aliphatic carbocycles. The molecular weight excluding hydrogens is 523 g/mol. The third-order valence-corrected chi connectivity index (χ3v) is 7.24. The summed E-state index contributed by atoms with van der Waals surface area (Å²) in [6.07, 6.45) is 7.55. The number of benzene rings is 1. The molecule has 1 saturated heterocycles. The molecule has 1 saturated carbocycles. The molecule has 10 heteroatoms. The molecule has 1 atom stereocenters. The van der Waals surface area contributed by atoms with Crippen molar-refractivity contribution in [3.05, 3.63) is 101 Å². The summed E-state index contributed by atoms with van der Waals surface area (Å²) in [5, 5.41) is 2.50. The van der Waals surface area contributed by atoms with Crippen LogP contribution < -0.4 is 10.2 Å². The van der Waals surface area contributed by atoms with Crippen LogP contribution in [-0.4, -0.2) is 35.9 Å². The normalized spacial score (nSPS) is 24.3. The van der Waals surface area contributed by atoms with Crippen LogP contribution in [0.1, 0.15) is 39.5 Å². The number of halogens is 7. The quantitative estimate of drug-likeness (QED) is 0.349. The predicted octanol–water partition coefficient (Wildman–Crippen LogP) is 7.73. The standard InChI is InChI=1S/C29H30F7N3/c1-5-8-25(37-26-15-28(33,34)29(26,35)36)22-16-39(27-23(31)13-20(30)14-24(27)32)19(4)21(18(22)3)10-9-17(2)38-11-6-7-12-38/h8-10,13-14,16,26,37H,3-7,11-12,15H2,1-2H3/b17-9+,21-10-,25-8+. The van der Waals surface area contributed by atoms with Crippen molar-refractivity contribution in [2.75, 3.05) is 18.0 Å². The van der Waals surface area contributed by atoms with Gasteiger partial charge in [-0.05, 0) is 37.8 Å². The molecule has 3 aliphatic rings. The molecule has 39 heavy (non-hydrogen) atoms. The van der Waals surface area contributed by atoms with Crippen LogP contribution in [0.3, 0.4) is 0 Å². The average Bonchev–Trinajstić information content (AvgIpc) is 3.39. The van der Waals surface area contributed by atoms with Gasteiger partial charge in [0.15, 0.2) is 11.6 Å². The lowest BCUT2D eigenvalue weighted by Crippen LogP contribution is -2.67. The molecule has 0 radical (unpaired) electrons. The monoisotopic (exact) mass is 553 g/mol. The van der Waals surface area contributed by atoms with Crippen LogP contribution in [0, 0.1) is 17.5 Å². The van der Waals surface area contributed by atoms with Crippen molar-refractivity contribution >= 4 is 5.69 Å². The van der Waals surface area contributed by atoms with Gasteiger partial charge in [0.1, 0.15) is 17.5 Å². The number of allylic oxidation sites excluding steroid dienone is 6. The van der Waals surface area contributed by atoms with Gasteiger partial charge >= 0.3 is 11.8 Å². The molecule has 2 fully saturated rings. The zero-order valence-corrected chi connectivity index (χ0v) is 21.7. The molecule has 1 aromatic carbocycles. The van der Waals surface area contributed by atoms with E-state index in [4.69, 9.17) is 0 Å². The van der Waals surface area contributed by atoms with E-state index in [1.807, 2.05) is 6.92 Å². The maximum atomic E-state index is 14.9. The van der Waals surface area contributed by atoms with Crippen molar-refractivity contribution in [3.8, 4) is 0 Å². The van der Waals surface area contributed by atoms with Crippen LogP contribution in [-0.2, 0) is 0 Å². The van der Waals surface area contributed by atoms with Crippen LogP contribution in [0.25, 0.3) is 0 Å². The van der Waals surface area contributed by atoms with E-state index >= 15 is 0 Å². The Hall–Kier alpha value is -3.43. The number of likely N-dealkylation sites (tertiary alicyclic amines) is 1. The van der Waals surface area contributed by atoms with Crippen LogP contribution in [0.2, 0.25) is 0 Å². The molecule has 4 rings (SSSR count). The minimum Gasteiger partial charge on any atom is -0.376 e. The van der Waals surface area contributed by atoms with E-state index in [0.29, 0.717) is 24.1 Å². The Morgan fingerprint density at radius 3 is 2.23 bits per heavy atom. The summed E-state index contributed by atoms with van der Waals surface area (Å²) in [4.78, 5) is 3.22. The molecule has 1 N–H and O–H groups in total. The van der Waals surface area contributed by atoms with Gasteiger partial charge in [0, 0.05) is 66.1 Å². The first-order valence-corrected chi connectivity index (χ1v) is 12.7. The number of anilines is 1. The van der Waals surface area contributed by atoms with Gasteiger partial charge in [-0.25, -0.2) is 13.2 Å². The fourth-order valence-electron chi connectivity index (χ4n) is 4.93. The number of nitrogens with zero attached hydrogens (tertiary/aromatic N) is 2. The van der Waals surface area contributed by atoms with E-state index in [1.165, 1.54) is 12.3 Å². The lowest BCUT2D eigenvalue weighted by molar-refractivity contribution is -0.292. The topological polar surface area (TPSA) is 18.5 Å². The largest absolute Gasteiger partial charge is 0.376 e. The van der Waals surface area contributed by atoms with E-state index in [9.17, 15) is 30.7 Å². The number of alkyl halides is 4. The highest BCUT2D eigenvalue weighted by molar-refractivity contribution is 5.74. The highest BCUT2D eigenvalue weighted by Crippen LogP contribution is 2.52. The maximum Gasteiger partial charge on any atom is 0.330 e. The SMILES string of the molecule is C=C1C(/C(=C\CC)NC2CC(F)(F)C2(F)F)=CN(c2c(F)cc(F)cc2F)C(=C)/C1=C\C=C(/C)N1CCCC1. The van der Waals surface area contributed by atoms with Crippen LogP contribution in [0.5, 0.6) is 0 Å². The van der Waals surface area contributed by atoms with Gasteiger partial charge in [-0.1, -0.05) is 32.2 Å². The molecule has 0 bridgehead atoms. The van der Waals surface area contributed by atoms with Crippen molar-refractivity contribution in [2.45, 2.75) is 57.4 Å². The lowest BCUT2D eigenvalue weighted by Gasteiger charge is -2.45. The second kappa shape index (κ2) is 10.6. The highest BCUT2D eigenvalue weighted by Gasteiger charge is 2.72. The van der Waals surface area contributed by atoms with E-state index in [2.05, 4.69) is 23.4 Å². The van der Waals surface area contributed by atoms with Crippen molar-refractivity contribution in [2.24, 2.45) is 0 Å². The minimum absolute atomic E-state index is 0.0502. The fraction of sp³-hybridized carbons (Fsp3) is 0.379. The summed E-state index contributed by atoms with van der Waals surface area (Å²) < 4.78 is 98.9. The predicted molar refractivity (Wildman–Crippen MR) is 138 cm³/mol. The summed E-state index contributed by atoms with van der Waals surface area (Å²) in [5.41, 5.74) is 1.23. The van der Waals surface area contributed by atoms with Gasteiger partial charge < -0.3 is 15.1 Å². The zero-order chi connectivity index (χ0) is 28.7. The van der Waals surface area contributed by atoms with Gasteiger partial charge in [-0.2, -0.15) is 17.6 Å². The van der Waals surface area contributed by atoms with E-state index < -0.39 is 47.4 Å². The van der Waals surface area contributed by atoms with Gasteiger partial charge in [0.25, 0.3) is 0 Å². The van der Waals surface area contributed by atoms with Gasteiger partial charge in [-0.15, -0.1) is 0 Å². The Kier molecular flexibility index (Phi) is 7.78. The average molecular weight is 554 g/mol. The molecule has 1 unspecified atom stereocenters. The summed E-state index contributed by atoms with van der Waals surface area (Å²) >= 11 is 0. The second-order valence-corrected chi connectivity index (χ2v) is 9.89. The van der Waals surface area contributed by atoms with Crippen molar-refractivity contribution in [3.63, 3.8) is 0 Å². The molecule has 0 aromatic heterocycles. The summed E-state index contributed by atoms with van der Waals surface area (Å²) in [5.74, 6) is -12.0. The Balaban J connectivity index is 1.81. The third kappa shape index (κ3) is 5.25. The molecule has 210 valence electrons. The van der Waals surface area contributed by atoms with Gasteiger partial charge in [0.2, 0.25) is 0 Å². The zero-order valence-electron chi connectivity index (χ0n) is 21.7. The van der Waals surface area contributed by atoms with E-state index in [-0.39, 0.29) is 22.5 Å².